The summed E-state index contributed by atoms with van der Waals surface area (Å²) in [6.07, 6.45) is -5.57. The van der Waals surface area contributed by atoms with Crippen LogP contribution in [0.3, 0.4) is 0 Å². The van der Waals surface area contributed by atoms with Gasteiger partial charge in [-0.1, -0.05) is 30.3 Å². The molecular weight excluding hydrogens is 464 g/mol. The smallest absolute Gasteiger partial charge is 0.331 e. The van der Waals surface area contributed by atoms with Gasteiger partial charge in [-0.05, 0) is 24.6 Å². The number of fused-ring (bicyclic) bond motifs is 1. The van der Waals surface area contributed by atoms with Gasteiger partial charge >= 0.3 is 5.97 Å². The molecule has 1 saturated carbocycles. The van der Waals surface area contributed by atoms with Crippen LogP contribution in [0.25, 0.3) is 6.08 Å². The molecule has 35 heavy (non-hydrogen) atoms. The number of carbonyl (C=O) groups is 1. The molecule has 2 aliphatic heterocycles. The Morgan fingerprint density at radius 2 is 1.83 bits per heavy atom. The molecule has 3 aliphatic rings. The number of esters is 1. The number of carbonyl (C=O) groups excluding carboxylic acids is 1. The van der Waals surface area contributed by atoms with E-state index in [9.17, 15) is 35.4 Å². The Morgan fingerprint density at radius 3 is 2.51 bits per heavy atom. The second kappa shape index (κ2) is 9.96. The largest absolute Gasteiger partial charge is 0.472 e. The van der Waals surface area contributed by atoms with E-state index in [-0.39, 0.29) is 6.42 Å². The van der Waals surface area contributed by atoms with Crippen molar-refractivity contribution in [3.8, 4) is 0 Å². The molecule has 6 N–H and O–H groups in total. The Labute approximate surface area is 201 Å². The Balaban J connectivity index is 1.55. The minimum atomic E-state index is -1.91. The number of benzene rings is 1. The molecule has 0 radical (unpaired) electrons. The van der Waals surface area contributed by atoms with Crippen LogP contribution < -0.4 is 0 Å². The van der Waals surface area contributed by atoms with Gasteiger partial charge in [-0.3, -0.25) is 0 Å². The number of hydrogen-bond donors (Lipinski definition) is 6. The fraction of sp³-hybridized carbons (Fsp3) is 0.542. The molecule has 2 fully saturated rings. The second-order valence-corrected chi connectivity index (χ2v) is 9.20. The first-order chi connectivity index (χ1) is 16.6. The Hall–Kier alpha value is -2.35. The van der Waals surface area contributed by atoms with Crippen molar-refractivity contribution in [1.29, 1.82) is 0 Å². The van der Waals surface area contributed by atoms with E-state index in [1.807, 2.05) is 18.2 Å². The fourth-order valence-corrected chi connectivity index (χ4v) is 4.92. The van der Waals surface area contributed by atoms with Crippen molar-refractivity contribution in [2.45, 2.75) is 67.6 Å². The van der Waals surface area contributed by atoms with Crippen LogP contribution in [0.2, 0.25) is 0 Å². The zero-order valence-electron chi connectivity index (χ0n) is 19.0. The van der Waals surface area contributed by atoms with Gasteiger partial charge in [-0.25, -0.2) is 4.79 Å². The highest BCUT2D eigenvalue weighted by Crippen LogP contribution is 2.51. The number of aliphatic hydroxyl groups excluding tert-OH is 5. The van der Waals surface area contributed by atoms with Gasteiger partial charge in [0.25, 0.3) is 0 Å². The van der Waals surface area contributed by atoms with Crippen molar-refractivity contribution >= 4 is 12.0 Å². The molecule has 0 amide bonds. The SMILES string of the molecule is CC1(OC(=O)/C=C/c2ccccc2)C[C@@H](O)[C@]2(O)C=CO[C@@H](O[C@@H]3O[C@H](CO)[C@@H](O)[C@H](O)[C@H]3O)[C@H]12. The lowest BCUT2D eigenvalue weighted by molar-refractivity contribution is -0.351. The predicted molar refractivity (Wildman–Crippen MR) is 118 cm³/mol. The fourth-order valence-electron chi connectivity index (χ4n) is 4.92. The van der Waals surface area contributed by atoms with Crippen LogP contribution in [-0.4, -0.2) is 97.5 Å². The summed E-state index contributed by atoms with van der Waals surface area (Å²) in [7, 11) is 0. The van der Waals surface area contributed by atoms with Crippen molar-refractivity contribution in [1.82, 2.24) is 0 Å². The Kier molecular flexibility index (Phi) is 7.32. The van der Waals surface area contributed by atoms with Gasteiger partial charge in [0.1, 0.15) is 35.6 Å². The van der Waals surface area contributed by atoms with Gasteiger partial charge in [0.15, 0.2) is 6.29 Å². The van der Waals surface area contributed by atoms with E-state index in [2.05, 4.69) is 0 Å². The standard InChI is InChI=1S/C24H30O11/c1-23(35-16(27)8-7-13-5-3-2-4-6-13)11-15(26)24(31)9-10-32-22(20(23)24)34-21-19(30)18(29)17(28)14(12-25)33-21/h2-10,14-15,17-22,25-26,28-31H,11-12H2,1H3/b8-7+/t14-,15-,17-,18+,19-,20-,21+,22+,23?,24-/m1/s1. The molecule has 1 aromatic rings. The average molecular weight is 494 g/mol. The van der Waals surface area contributed by atoms with Gasteiger partial charge in [0.05, 0.1) is 24.9 Å². The van der Waals surface area contributed by atoms with Crippen LogP contribution in [0, 0.1) is 5.92 Å². The normalized spacial score (nSPS) is 43.1. The first-order valence-electron chi connectivity index (χ1n) is 11.2. The maximum absolute atomic E-state index is 12.6. The molecule has 1 unspecified atom stereocenters. The number of aliphatic hydroxyl groups is 6. The molecule has 1 saturated heterocycles. The summed E-state index contributed by atoms with van der Waals surface area (Å²) in [5.74, 6) is -1.90. The maximum atomic E-state index is 12.6. The minimum absolute atomic E-state index is 0.151. The van der Waals surface area contributed by atoms with Gasteiger partial charge < -0.3 is 49.6 Å². The minimum Gasteiger partial charge on any atom is -0.472 e. The van der Waals surface area contributed by atoms with E-state index >= 15 is 0 Å². The first-order valence-corrected chi connectivity index (χ1v) is 11.2. The summed E-state index contributed by atoms with van der Waals surface area (Å²) in [5, 5.41) is 61.7. The van der Waals surface area contributed by atoms with E-state index < -0.39 is 72.8 Å². The Bertz CT molecular complexity index is 950. The average Bonchev–Trinajstić information content (AvgIpc) is 3.03. The van der Waals surface area contributed by atoms with Crippen LogP contribution in [0.5, 0.6) is 0 Å². The summed E-state index contributed by atoms with van der Waals surface area (Å²) < 4.78 is 22.3. The van der Waals surface area contributed by atoms with Crippen molar-refractivity contribution in [2.75, 3.05) is 6.61 Å². The number of rotatable bonds is 6. The third-order valence-electron chi connectivity index (χ3n) is 6.77. The third kappa shape index (κ3) is 4.86. The summed E-state index contributed by atoms with van der Waals surface area (Å²) in [6.45, 7) is 0.852. The summed E-state index contributed by atoms with van der Waals surface area (Å²) in [6, 6.07) is 9.06. The second-order valence-electron chi connectivity index (χ2n) is 9.20. The lowest BCUT2D eigenvalue weighted by Gasteiger charge is -2.45. The van der Waals surface area contributed by atoms with E-state index in [1.54, 1.807) is 18.2 Å². The van der Waals surface area contributed by atoms with Crippen molar-refractivity contribution in [3.05, 3.63) is 54.3 Å². The quantitative estimate of drug-likeness (QED) is 0.207. The zero-order chi connectivity index (χ0) is 25.4. The molecule has 10 atom stereocenters. The van der Waals surface area contributed by atoms with Crippen molar-refractivity contribution in [2.24, 2.45) is 5.92 Å². The highest BCUT2D eigenvalue weighted by molar-refractivity contribution is 5.87. The monoisotopic (exact) mass is 494 g/mol. The Morgan fingerprint density at radius 1 is 1.11 bits per heavy atom. The van der Waals surface area contributed by atoms with E-state index in [0.717, 1.165) is 11.8 Å². The van der Waals surface area contributed by atoms with Crippen LogP contribution in [0.1, 0.15) is 18.9 Å². The summed E-state index contributed by atoms with van der Waals surface area (Å²) in [5.41, 5.74) is -2.62. The first kappa shape index (κ1) is 25.7. The molecule has 4 rings (SSSR count). The molecule has 1 aliphatic carbocycles. The van der Waals surface area contributed by atoms with Gasteiger partial charge in [0, 0.05) is 12.5 Å². The highest BCUT2D eigenvalue weighted by Gasteiger charge is 2.66. The third-order valence-corrected chi connectivity index (χ3v) is 6.77. The maximum Gasteiger partial charge on any atom is 0.331 e. The van der Waals surface area contributed by atoms with Gasteiger partial charge in [-0.15, -0.1) is 0 Å². The van der Waals surface area contributed by atoms with E-state index in [1.165, 1.54) is 19.1 Å². The van der Waals surface area contributed by atoms with Crippen LogP contribution >= 0.6 is 0 Å². The molecule has 11 heteroatoms. The summed E-state index contributed by atoms with van der Waals surface area (Å²) >= 11 is 0. The van der Waals surface area contributed by atoms with Crippen molar-refractivity contribution in [3.63, 3.8) is 0 Å². The molecule has 1 aromatic carbocycles. The van der Waals surface area contributed by atoms with E-state index in [0.29, 0.717) is 0 Å². The molecule has 192 valence electrons. The molecular formula is C24H30O11. The van der Waals surface area contributed by atoms with Crippen molar-refractivity contribution < 1.29 is 54.4 Å². The molecule has 0 bridgehead atoms. The molecule has 0 aromatic heterocycles. The summed E-state index contributed by atoms with van der Waals surface area (Å²) in [4.78, 5) is 12.6. The lowest BCUT2D eigenvalue weighted by atomic mass is 9.81. The zero-order valence-corrected chi connectivity index (χ0v) is 19.0. The van der Waals surface area contributed by atoms with E-state index in [4.69, 9.17) is 18.9 Å². The topological polar surface area (TPSA) is 175 Å². The van der Waals surface area contributed by atoms with Gasteiger partial charge in [-0.2, -0.15) is 0 Å². The highest BCUT2D eigenvalue weighted by atomic mass is 16.8. The van der Waals surface area contributed by atoms with Crippen LogP contribution in [0.15, 0.2) is 48.7 Å². The number of ether oxygens (including phenoxy) is 4. The van der Waals surface area contributed by atoms with Crippen LogP contribution in [0.4, 0.5) is 0 Å². The number of hydrogen-bond acceptors (Lipinski definition) is 11. The molecule has 11 nitrogen and oxygen atoms in total. The molecule has 0 spiro atoms. The predicted octanol–water partition coefficient (Wildman–Crippen LogP) is -1.20. The lowest BCUT2D eigenvalue weighted by Crippen LogP contribution is -2.62. The van der Waals surface area contributed by atoms with Crippen LogP contribution in [-0.2, 0) is 23.7 Å². The molecule has 2 heterocycles. The van der Waals surface area contributed by atoms with Gasteiger partial charge in [0.2, 0.25) is 6.29 Å².